The van der Waals surface area contributed by atoms with Crippen LogP contribution in [0.25, 0.3) is 0 Å². The van der Waals surface area contributed by atoms with Gasteiger partial charge in [-0.1, -0.05) is 13.8 Å². The van der Waals surface area contributed by atoms with Crippen LogP contribution >= 0.6 is 0 Å². The zero-order valence-corrected chi connectivity index (χ0v) is 11.1. The fourth-order valence-electron chi connectivity index (χ4n) is 2.37. The lowest BCUT2D eigenvalue weighted by Crippen LogP contribution is -2.51. The molecule has 0 amide bonds. The van der Waals surface area contributed by atoms with E-state index in [1.54, 1.807) is 0 Å². The summed E-state index contributed by atoms with van der Waals surface area (Å²) in [6.45, 7) is 11.9. The maximum Gasteiger partial charge on any atom is 0.127 e. The van der Waals surface area contributed by atoms with Gasteiger partial charge in [-0.25, -0.2) is 0 Å². The Kier molecular flexibility index (Phi) is 4.51. The number of aldehydes is 1. The summed E-state index contributed by atoms with van der Waals surface area (Å²) >= 11 is 0. The molecule has 1 heterocycles. The predicted octanol–water partition coefficient (Wildman–Crippen LogP) is 2.10. The highest BCUT2D eigenvalue weighted by atomic mass is 16.5. The van der Waals surface area contributed by atoms with Crippen LogP contribution in [0.4, 0.5) is 0 Å². The fraction of sp³-hybridized carbons (Fsp3) is 0.923. The van der Waals surface area contributed by atoms with Gasteiger partial charge in [-0.2, -0.15) is 0 Å². The van der Waals surface area contributed by atoms with Crippen LogP contribution in [0, 0.1) is 5.41 Å². The molecule has 0 aliphatic carbocycles. The van der Waals surface area contributed by atoms with E-state index in [-0.39, 0.29) is 11.0 Å². The highest BCUT2D eigenvalue weighted by molar-refractivity contribution is 5.59. The van der Waals surface area contributed by atoms with Crippen molar-refractivity contribution in [3.8, 4) is 0 Å². The monoisotopic (exact) mass is 227 g/mol. The molecule has 1 aliphatic heterocycles. The van der Waals surface area contributed by atoms with Gasteiger partial charge >= 0.3 is 0 Å². The van der Waals surface area contributed by atoms with Crippen LogP contribution in [0.2, 0.25) is 0 Å². The first-order chi connectivity index (χ1) is 7.47. The third kappa shape index (κ3) is 3.29. The summed E-state index contributed by atoms with van der Waals surface area (Å²) in [6.07, 6.45) is 2.99. The number of hydrogen-bond acceptors (Lipinski definition) is 3. The number of morpholine rings is 1. The molecule has 94 valence electrons. The molecular weight excluding hydrogens is 202 g/mol. The smallest absolute Gasteiger partial charge is 0.127 e. The summed E-state index contributed by atoms with van der Waals surface area (Å²) in [5.41, 5.74) is -0.234. The van der Waals surface area contributed by atoms with Gasteiger partial charge in [-0.05, 0) is 26.7 Å². The first-order valence-electron chi connectivity index (χ1n) is 6.29. The largest absolute Gasteiger partial charge is 0.373 e. The molecule has 0 aromatic carbocycles. The number of carbonyl (C=O) groups excluding carboxylic acids is 1. The standard InChI is InChI=1S/C13H25NO2/c1-5-13(6-2,11-15)10-14-7-8-16-12(3,4)9-14/h11H,5-10H2,1-4H3. The van der Waals surface area contributed by atoms with Gasteiger partial charge in [0.25, 0.3) is 0 Å². The van der Waals surface area contributed by atoms with E-state index in [4.69, 9.17) is 4.74 Å². The summed E-state index contributed by atoms with van der Waals surface area (Å²) in [7, 11) is 0. The highest BCUT2D eigenvalue weighted by Crippen LogP contribution is 2.27. The molecule has 3 nitrogen and oxygen atoms in total. The molecule has 0 N–H and O–H groups in total. The molecule has 0 spiro atoms. The molecule has 0 bridgehead atoms. The van der Waals surface area contributed by atoms with Crippen molar-refractivity contribution in [2.45, 2.75) is 46.1 Å². The molecule has 0 saturated carbocycles. The molecule has 0 radical (unpaired) electrons. The Morgan fingerprint density at radius 1 is 1.38 bits per heavy atom. The summed E-state index contributed by atoms with van der Waals surface area (Å²) in [5.74, 6) is 0. The van der Waals surface area contributed by atoms with Crippen molar-refractivity contribution in [1.82, 2.24) is 4.90 Å². The molecule has 0 aromatic rings. The number of carbonyl (C=O) groups is 1. The van der Waals surface area contributed by atoms with Crippen molar-refractivity contribution in [3.05, 3.63) is 0 Å². The second kappa shape index (κ2) is 5.28. The first-order valence-corrected chi connectivity index (χ1v) is 6.29. The van der Waals surface area contributed by atoms with Gasteiger partial charge in [0.2, 0.25) is 0 Å². The molecule has 1 saturated heterocycles. The van der Waals surface area contributed by atoms with Crippen molar-refractivity contribution in [2.24, 2.45) is 5.41 Å². The first kappa shape index (κ1) is 13.7. The van der Waals surface area contributed by atoms with Gasteiger partial charge in [0.15, 0.2) is 0 Å². The van der Waals surface area contributed by atoms with E-state index in [1.165, 1.54) is 0 Å². The average molecular weight is 227 g/mol. The quantitative estimate of drug-likeness (QED) is 0.674. The summed E-state index contributed by atoms with van der Waals surface area (Å²) in [4.78, 5) is 13.6. The minimum atomic E-state index is -0.159. The van der Waals surface area contributed by atoms with Crippen LogP contribution in [-0.4, -0.2) is 43.0 Å². The Morgan fingerprint density at radius 2 is 2.00 bits per heavy atom. The van der Waals surface area contributed by atoms with E-state index in [0.717, 1.165) is 45.4 Å². The number of nitrogens with zero attached hydrogens (tertiary/aromatic N) is 1. The van der Waals surface area contributed by atoms with Crippen LogP contribution in [0.15, 0.2) is 0 Å². The van der Waals surface area contributed by atoms with E-state index in [9.17, 15) is 4.79 Å². The summed E-state index contributed by atoms with van der Waals surface area (Å²) < 4.78 is 5.68. The third-order valence-electron chi connectivity index (χ3n) is 3.70. The molecule has 1 rings (SSSR count). The number of ether oxygens (including phenoxy) is 1. The number of rotatable bonds is 5. The molecule has 0 unspecified atom stereocenters. The van der Waals surface area contributed by atoms with Crippen molar-refractivity contribution >= 4 is 6.29 Å². The van der Waals surface area contributed by atoms with E-state index < -0.39 is 0 Å². The van der Waals surface area contributed by atoms with E-state index in [0.29, 0.717) is 0 Å². The van der Waals surface area contributed by atoms with E-state index in [2.05, 4.69) is 32.6 Å². The minimum absolute atomic E-state index is 0.0750. The lowest BCUT2D eigenvalue weighted by atomic mass is 9.83. The lowest BCUT2D eigenvalue weighted by molar-refractivity contribution is -0.123. The maximum absolute atomic E-state index is 11.3. The maximum atomic E-state index is 11.3. The van der Waals surface area contributed by atoms with Gasteiger partial charge in [0.05, 0.1) is 12.2 Å². The normalized spacial score (nSPS) is 22.0. The Balaban J connectivity index is 2.61. The molecule has 1 fully saturated rings. The molecule has 16 heavy (non-hydrogen) atoms. The second-order valence-electron chi connectivity index (χ2n) is 5.51. The van der Waals surface area contributed by atoms with E-state index in [1.807, 2.05) is 0 Å². The van der Waals surface area contributed by atoms with Crippen LogP contribution in [0.5, 0.6) is 0 Å². The SMILES string of the molecule is CCC(C=O)(CC)CN1CCOC(C)(C)C1. The second-order valence-corrected chi connectivity index (χ2v) is 5.51. The predicted molar refractivity (Wildman–Crippen MR) is 65.6 cm³/mol. The van der Waals surface area contributed by atoms with Gasteiger partial charge < -0.3 is 9.53 Å². The fourth-order valence-corrected chi connectivity index (χ4v) is 2.37. The van der Waals surface area contributed by atoms with Gasteiger partial charge in [0, 0.05) is 25.0 Å². The molecule has 0 aromatic heterocycles. The van der Waals surface area contributed by atoms with Crippen LogP contribution < -0.4 is 0 Å². The van der Waals surface area contributed by atoms with Crippen molar-refractivity contribution in [1.29, 1.82) is 0 Å². The topological polar surface area (TPSA) is 29.5 Å². The van der Waals surface area contributed by atoms with Crippen LogP contribution in [0.3, 0.4) is 0 Å². The van der Waals surface area contributed by atoms with Gasteiger partial charge in [-0.3, -0.25) is 4.90 Å². The van der Waals surface area contributed by atoms with E-state index >= 15 is 0 Å². The Labute approximate surface area is 99.1 Å². The minimum Gasteiger partial charge on any atom is -0.373 e. The van der Waals surface area contributed by atoms with Crippen molar-refractivity contribution in [2.75, 3.05) is 26.2 Å². The third-order valence-corrected chi connectivity index (χ3v) is 3.70. The summed E-state index contributed by atoms with van der Waals surface area (Å²) in [5, 5.41) is 0. The highest BCUT2D eigenvalue weighted by Gasteiger charge is 2.33. The average Bonchev–Trinajstić information content (AvgIpc) is 2.25. The van der Waals surface area contributed by atoms with Crippen molar-refractivity contribution in [3.63, 3.8) is 0 Å². The molecule has 3 heteroatoms. The lowest BCUT2D eigenvalue weighted by Gasteiger charge is -2.41. The zero-order valence-electron chi connectivity index (χ0n) is 11.1. The van der Waals surface area contributed by atoms with Crippen LogP contribution in [0.1, 0.15) is 40.5 Å². The molecular formula is C13H25NO2. The number of hydrogen-bond donors (Lipinski definition) is 0. The van der Waals surface area contributed by atoms with Gasteiger partial charge in [-0.15, -0.1) is 0 Å². The Hall–Kier alpha value is -0.410. The Bertz CT molecular complexity index is 234. The molecule has 0 atom stereocenters. The molecule has 1 aliphatic rings. The Morgan fingerprint density at radius 3 is 2.44 bits per heavy atom. The van der Waals surface area contributed by atoms with Crippen molar-refractivity contribution < 1.29 is 9.53 Å². The summed E-state index contributed by atoms with van der Waals surface area (Å²) in [6, 6.07) is 0. The van der Waals surface area contributed by atoms with Crippen LogP contribution in [-0.2, 0) is 9.53 Å². The van der Waals surface area contributed by atoms with Gasteiger partial charge in [0.1, 0.15) is 6.29 Å². The zero-order chi connectivity index (χ0) is 12.2.